The Morgan fingerprint density at radius 1 is 1.30 bits per heavy atom. The van der Waals surface area contributed by atoms with Crippen molar-refractivity contribution in [3.63, 3.8) is 0 Å². The minimum atomic E-state index is 0.359. The number of nitrogens with one attached hydrogen (secondary N) is 1. The van der Waals surface area contributed by atoms with Gasteiger partial charge in [-0.3, -0.25) is 0 Å². The van der Waals surface area contributed by atoms with E-state index < -0.39 is 0 Å². The summed E-state index contributed by atoms with van der Waals surface area (Å²) in [5.74, 6) is 0. The van der Waals surface area contributed by atoms with Crippen molar-refractivity contribution in [2.45, 2.75) is 64.5 Å². The van der Waals surface area contributed by atoms with Crippen molar-refractivity contribution in [1.82, 2.24) is 10.3 Å². The van der Waals surface area contributed by atoms with E-state index in [1.54, 1.807) is 0 Å². The fourth-order valence-electron chi connectivity index (χ4n) is 3.75. The third kappa shape index (κ3) is 2.60. The summed E-state index contributed by atoms with van der Waals surface area (Å²) in [5, 5.41) is 4.73. The molecular formula is C16H27N3S. The lowest BCUT2D eigenvalue weighted by atomic mass is 9.76. The van der Waals surface area contributed by atoms with Gasteiger partial charge < -0.3 is 10.2 Å². The molecule has 4 heteroatoms. The molecule has 1 unspecified atom stereocenters. The van der Waals surface area contributed by atoms with Gasteiger partial charge in [0.1, 0.15) is 0 Å². The zero-order chi connectivity index (χ0) is 14.3. The third-order valence-corrected chi connectivity index (χ3v) is 6.26. The molecule has 1 N–H and O–H groups in total. The first-order chi connectivity index (χ1) is 9.50. The maximum absolute atomic E-state index is 4.99. The van der Waals surface area contributed by atoms with Crippen molar-refractivity contribution in [3.8, 4) is 0 Å². The van der Waals surface area contributed by atoms with Crippen LogP contribution in [0.1, 0.15) is 62.6 Å². The molecule has 0 bridgehead atoms. The second kappa shape index (κ2) is 5.30. The highest BCUT2D eigenvalue weighted by atomic mass is 32.1. The van der Waals surface area contributed by atoms with Gasteiger partial charge in [-0.1, -0.05) is 38.0 Å². The Hall–Kier alpha value is -0.610. The molecule has 112 valence electrons. The highest BCUT2D eigenvalue weighted by Gasteiger charge is 2.35. The molecule has 0 saturated heterocycles. The van der Waals surface area contributed by atoms with Gasteiger partial charge in [0.15, 0.2) is 5.13 Å². The van der Waals surface area contributed by atoms with Gasteiger partial charge in [0, 0.05) is 24.0 Å². The van der Waals surface area contributed by atoms with Gasteiger partial charge in [0.2, 0.25) is 0 Å². The Kier molecular flexibility index (Phi) is 3.80. The van der Waals surface area contributed by atoms with Crippen LogP contribution in [0.2, 0.25) is 0 Å². The van der Waals surface area contributed by atoms with Crippen molar-refractivity contribution >= 4 is 16.5 Å². The first-order valence-electron chi connectivity index (χ1n) is 7.90. The van der Waals surface area contributed by atoms with E-state index in [1.807, 2.05) is 11.3 Å². The maximum atomic E-state index is 4.99. The van der Waals surface area contributed by atoms with E-state index in [9.17, 15) is 0 Å². The minimum Gasteiger partial charge on any atom is -0.348 e. The Bertz CT molecular complexity index is 474. The molecule has 1 atom stereocenters. The Morgan fingerprint density at radius 2 is 2.00 bits per heavy atom. The topological polar surface area (TPSA) is 28.2 Å². The van der Waals surface area contributed by atoms with Crippen molar-refractivity contribution in [3.05, 3.63) is 10.6 Å². The molecule has 2 aliphatic carbocycles. The third-order valence-electron chi connectivity index (χ3n) is 4.96. The molecule has 1 saturated carbocycles. The molecule has 3 nitrogen and oxygen atoms in total. The smallest absolute Gasteiger partial charge is 0.185 e. The van der Waals surface area contributed by atoms with Crippen LogP contribution in [0.25, 0.3) is 0 Å². The van der Waals surface area contributed by atoms with Crippen LogP contribution >= 0.6 is 11.3 Å². The summed E-state index contributed by atoms with van der Waals surface area (Å²) in [6.07, 6.45) is 7.77. The summed E-state index contributed by atoms with van der Waals surface area (Å²) in [6.45, 7) is 4.72. The van der Waals surface area contributed by atoms with Gasteiger partial charge >= 0.3 is 0 Å². The maximum Gasteiger partial charge on any atom is 0.185 e. The number of hydrogen-bond acceptors (Lipinski definition) is 4. The van der Waals surface area contributed by atoms with Gasteiger partial charge in [-0.2, -0.15) is 0 Å². The number of rotatable bonds is 3. The van der Waals surface area contributed by atoms with Crippen molar-refractivity contribution in [2.75, 3.05) is 19.0 Å². The van der Waals surface area contributed by atoms with Crippen LogP contribution in [0.3, 0.4) is 0 Å². The van der Waals surface area contributed by atoms with Crippen molar-refractivity contribution in [2.24, 2.45) is 5.41 Å². The summed E-state index contributed by atoms with van der Waals surface area (Å²) < 4.78 is 0. The lowest BCUT2D eigenvalue weighted by molar-refractivity contribution is 0.265. The molecule has 1 heterocycles. The Balaban J connectivity index is 1.87. The van der Waals surface area contributed by atoms with Crippen LogP contribution < -0.4 is 10.2 Å². The standard InChI is InChI=1S/C16H27N3S/c1-16(2)9-12(17-3)14-13(10-16)18-15(20-14)19(4)11-7-5-6-8-11/h11-12,17H,5-10H2,1-4H3. The van der Waals surface area contributed by atoms with E-state index in [0.717, 1.165) is 6.42 Å². The van der Waals surface area contributed by atoms with Crippen LogP contribution in [-0.2, 0) is 6.42 Å². The molecule has 1 fully saturated rings. The summed E-state index contributed by atoms with van der Waals surface area (Å²) in [5.41, 5.74) is 1.70. The average Bonchev–Trinajstić information content (AvgIpc) is 3.04. The summed E-state index contributed by atoms with van der Waals surface area (Å²) in [6, 6.07) is 1.20. The number of nitrogens with zero attached hydrogens (tertiary/aromatic N) is 2. The molecule has 1 aromatic rings. The number of hydrogen-bond donors (Lipinski definition) is 1. The van der Waals surface area contributed by atoms with E-state index >= 15 is 0 Å². The van der Waals surface area contributed by atoms with Crippen LogP contribution in [0.15, 0.2) is 0 Å². The molecule has 20 heavy (non-hydrogen) atoms. The Morgan fingerprint density at radius 3 is 2.65 bits per heavy atom. The van der Waals surface area contributed by atoms with E-state index in [-0.39, 0.29) is 0 Å². The van der Waals surface area contributed by atoms with E-state index in [4.69, 9.17) is 4.98 Å². The first kappa shape index (κ1) is 14.3. The van der Waals surface area contributed by atoms with Gasteiger partial charge in [-0.25, -0.2) is 4.98 Å². The number of anilines is 1. The zero-order valence-electron chi connectivity index (χ0n) is 13.2. The minimum absolute atomic E-state index is 0.359. The molecule has 0 aromatic carbocycles. The van der Waals surface area contributed by atoms with Crippen LogP contribution in [-0.4, -0.2) is 25.1 Å². The van der Waals surface area contributed by atoms with Gasteiger partial charge in [0.25, 0.3) is 0 Å². The second-order valence-corrected chi connectivity index (χ2v) is 8.25. The number of aromatic nitrogens is 1. The van der Waals surface area contributed by atoms with Crippen molar-refractivity contribution in [1.29, 1.82) is 0 Å². The molecule has 3 rings (SSSR count). The predicted octanol–water partition coefficient (Wildman–Crippen LogP) is 3.75. The number of fused-ring (bicyclic) bond motifs is 1. The van der Waals surface area contributed by atoms with Crippen molar-refractivity contribution < 1.29 is 0 Å². The monoisotopic (exact) mass is 293 g/mol. The van der Waals surface area contributed by atoms with Gasteiger partial charge in [-0.05, 0) is 38.1 Å². The lowest BCUT2D eigenvalue weighted by Gasteiger charge is -2.34. The molecule has 0 spiro atoms. The molecule has 2 aliphatic rings. The molecule has 0 aliphatic heterocycles. The van der Waals surface area contributed by atoms with Crippen LogP contribution in [0, 0.1) is 5.41 Å². The second-order valence-electron chi connectivity index (χ2n) is 7.24. The summed E-state index contributed by atoms with van der Waals surface area (Å²) in [4.78, 5) is 8.91. The lowest BCUT2D eigenvalue weighted by Crippen LogP contribution is -2.31. The predicted molar refractivity (Wildman–Crippen MR) is 86.7 cm³/mol. The largest absolute Gasteiger partial charge is 0.348 e. The summed E-state index contributed by atoms with van der Waals surface area (Å²) in [7, 11) is 4.32. The van der Waals surface area contributed by atoms with Crippen LogP contribution in [0.5, 0.6) is 0 Å². The number of thiazole rings is 1. The highest BCUT2D eigenvalue weighted by molar-refractivity contribution is 7.15. The summed E-state index contributed by atoms with van der Waals surface area (Å²) >= 11 is 1.92. The molecular weight excluding hydrogens is 266 g/mol. The average molecular weight is 293 g/mol. The molecule has 0 amide bonds. The molecule has 1 aromatic heterocycles. The van der Waals surface area contributed by atoms with E-state index in [2.05, 4.69) is 38.2 Å². The SMILES string of the molecule is CNC1CC(C)(C)Cc2nc(N(C)C3CCCC3)sc21. The van der Waals surface area contributed by atoms with E-state index in [0.29, 0.717) is 17.5 Å². The van der Waals surface area contributed by atoms with Gasteiger partial charge in [-0.15, -0.1) is 0 Å². The molecule has 0 radical (unpaired) electrons. The fourth-order valence-corrected chi connectivity index (χ4v) is 4.98. The Labute approximate surface area is 126 Å². The van der Waals surface area contributed by atoms with Gasteiger partial charge in [0.05, 0.1) is 5.69 Å². The first-order valence-corrected chi connectivity index (χ1v) is 8.71. The van der Waals surface area contributed by atoms with E-state index in [1.165, 1.54) is 47.8 Å². The highest BCUT2D eigenvalue weighted by Crippen LogP contribution is 2.45. The van der Waals surface area contributed by atoms with Crippen LogP contribution in [0.4, 0.5) is 5.13 Å². The zero-order valence-corrected chi connectivity index (χ0v) is 14.0. The normalized spacial score (nSPS) is 25.7. The fraction of sp³-hybridized carbons (Fsp3) is 0.812. The quantitative estimate of drug-likeness (QED) is 0.920.